The summed E-state index contributed by atoms with van der Waals surface area (Å²) in [6, 6.07) is 51.6. The Kier molecular flexibility index (Phi) is 5.11. The second-order valence-corrected chi connectivity index (χ2v) is 14.0. The number of fused-ring (bicyclic) bond motifs is 14. The predicted molar refractivity (Wildman–Crippen MR) is 212 cm³/mol. The number of nitrogens with zero attached hydrogens (tertiary/aromatic N) is 2. The molecular formula is C48H30N2. The number of hydrogen-bond donors (Lipinski definition) is 0. The third kappa shape index (κ3) is 3.28. The Balaban J connectivity index is 1.30. The summed E-state index contributed by atoms with van der Waals surface area (Å²) in [5.41, 5.74) is 14.4. The zero-order chi connectivity index (χ0) is 32.5. The van der Waals surface area contributed by atoms with Crippen LogP contribution in [0.3, 0.4) is 0 Å². The van der Waals surface area contributed by atoms with Crippen LogP contribution in [0.4, 0.5) is 0 Å². The van der Waals surface area contributed by atoms with Crippen molar-refractivity contribution in [1.29, 1.82) is 0 Å². The Morgan fingerprint density at radius 2 is 1.14 bits per heavy atom. The van der Waals surface area contributed by atoms with E-state index in [1.54, 1.807) is 0 Å². The van der Waals surface area contributed by atoms with Crippen LogP contribution in [0, 0.1) is 5.92 Å². The lowest BCUT2D eigenvalue weighted by atomic mass is 9.81. The zero-order valence-corrected chi connectivity index (χ0v) is 27.3. The lowest BCUT2D eigenvalue weighted by molar-refractivity contribution is 0.791. The first kappa shape index (κ1) is 26.6. The SMILES string of the molecule is C1=CC2=C3C(=CC(n4c5ccccc5c5c6ccccc6c6c(c7ccccc7n6-c6cccc7ccccc67)c54)=CC3C1)c1ccccc12. The fourth-order valence-electron chi connectivity index (χ4n) is 9.58. The van der Waals surface area contributed by atoms with Crippen molar-refractivity contribution in [3.63, 3.8) is 0 Å². The highest BCUT2D eigenvalue weighted by atomic mass is 15.0. The highest BCUT2D eigenvalue weighted by Crippen LogP contribution is 2.53. The van der Waals surface area contributed by atoms with Crippen LogP contribution >= 0.6 is 0 Å². The van der Waals surface area contributed by atoms with E-state index >= 15 is 0 Å². The summed E-state index contributed by atoms with van der Waals surface area (Å²) >= 11 is 0. The summed E-state index contributed by atoms with van der Waals surface area (Å²) in [4.78, 5) is 0. The van der Waals surface area contributed by atoms with Crippen LogP contribution in [0.5, 0.6) is 0 Å². The summed E-state index contributed by atoms with van der Waals surface area (Å²) < 4.78 is 5.14. The van der Waals surface area contributed by atoms with Crippen molar-refractivity contribution in [2.75, 3.05) is 0 Å². The maximum absolute atomic E-state index is 2.60. The van der Waals surface area contributed by atoms with Crippen LogP contribution in [-0.2, 0) is 0 Å². The maximum atomic E-state index is 2.60. The quantitative estimate of drug-likeness (QED) is 0.179. The molecule has 3 aliphatic carbocycles. The van der Waals surface area contributed by atoms with Gasteiger partial charge in [-0.2, -0.15) is 0 Å². The fraction of sp³-hybridized carbons (Fsp3) is 0.0417. The Morgan fingerprint density at radius 3 is 1.98 bits per heavy atom. The van der Waals surface area contributed by atoms with Crippen LogP contribution in [0.2, 0.25) is 0 Å². The van der Waals surface area contributed by atoms with E-state index in [4.69, 9.17) is 0 Å². The topological polar surface area (TPSA) is 9.86 Å². The minimum absolute atomic E-state index is 0.335. The van der Waals surface area contributed by atoms with E-state index in [-0.39, 0.29) is 0 Å². The highest BCUT2D eigenvalue weighted by molar-refractivity contribution is 6.37. The molecule has 1 unspecified atom stereocenters. The molecule has 232 valence electrons. The molecular weight excluding hydrogens is 605 g/mol. The number of hydrogen-bond acceptors (Lipinski definition) is 0. The van der Waals surface area contributed by atoms with E-state index in [9.17, 15) is 0 Å². The molecule has 0 spiro atoms. The molecule has 2 aromatic heterocycles. The van der Waals surface area contributed by atoms with Crippen LogP contribution in [0.15, 0.2) is 169 Å². The van der Waals surface area contributed by atoms with E-state index in [1.807, 2.05) is 0 Å². The Labute approximate surface area is 288 Å². The summed E-state index contributed by atoms with van der Waals surface area (Å²) in [6.45, 7) is 0. The first-order chi connectivity index (χ1) is 24.8. The molecule has 0 saturated heterocycles. The average molecular weight is 635 g/mol. The molecule has 3 aliphatic rings. The van der Waals surface area contributed by atoms with Gasteiger partial charge in [0.05, 0.1) is 27.8 Å². The molecule has 50 heavy (non-hydrogen) atoms. The zero-order valence-electron chi connectivity index (χ0n) is 27.3. The predicted octanol–water partition coefficient (Wildman–Crippen LogP) is 12.5. The molecule has 0 radical (unpaired) electrons. The molecule has 0 saturated carbocycles. The molecule has 0 amide bonds. The molecule has 7 aromatic carbocycles. The van der Waals surface area contributed by atoms with Crippen molar-refractivity contribution in [3.8, 4) is 5.69 Å². The number of aromatic nitrogens is 2. The van der Waals surface area contributed by atoms with E-state index in [1.165, 1.54) is 104 Å². The van der Waals surface area contributed by atoms with Crippen LogP contribution in [0.25, 0.3) is 87.7 Å². The lowest BCUT2D eigenvalue weighted by Crippen LogP contribution is -2.11. The molecule has 0 fully saturated rings. The first-order valence-electron chi connectivity index (χ1n) is 17.6. The molecule has 2 heteroatoms. The first-order valence-corrected chi connectivity index (χ1v) is 17.6. The van der Waals surface area contributed by atoms with Crippen LogP contribution < -0.4 is 0 Å². The van der Waals surface area contributed by atoms with Gasteiger partial charge in [-0.3, -0.25) is 0 Å². The second-order valence-electron chi connectivity index (χ2n) is 14.0. The fourth-order valence-corrected chi connectivity index (χ4v) is 9.58. The molecule has 1 atom stereocenters. The van der Waals surface area contributed by atoms with Gasteiger partial charge in [-0.1, -0.05) is 140 Å². The highest BCUT2D eigenvalue weighted by Gasteiger charge is 2.34. The second kappa shape index (κ2) is 9.62. The summed E-state index contributed by atoms with van der Waals surface area (Å²) in [7, 11) is 0. The van der Waals surface area contributed by atoms with Gasteiger partial charge in [0.2, 0.25) is 0 Å². The molecule has 2 nitrogen and oxygen atoms in total. The van der Waals surface area contributed by atoms with Crippen molar-refractivity contribution in [3.05, 3.63) is 181 Å². The number of para-hydroxylation sites is 2. The number of benzene rings is 7. The van der Waals surface area contributed by atoms with Gasteiger partial charge in [0.15, 0.2) is 0 Å². The van der Waals surface area contributed by atoms with Gasteiger partial charge in [0, 0.05) is 43.9 Å². The summed E-state index contributed by atoms with van der Waals surface area (Å²) in [6.07, 6.45) is 10.8. The van der Waals surface area contributed by atoms with Gasteiger partial charge >= 0.3 is 0 Å². The molecule has 0 N–H and O–H groups in total. The van der Waals surface area contributed by atoms with Gasteiger partial charge in [-0.15, -0.1) is 0 Å². The Hall–Kier alpha value is -6.38. The van der Waals surface area contributed by atoms with E-state index in [0.29, 0.717) is 5.92 Å². The Bertz CT molecular complexity index is 3110. The van der Waals surface area contributed by atoms with Crippen LogP contribution in [-0.4, -0.2) is 9.13 Å². The van der Waals surface area contributed by atoms with Gasteiger partial charge in [0.25, 0.3) is 0 Å². The maximum Gasteiger partial charge on any atom is 0.0647 e. The largest absolute Gasteiger partial charge is 0.309 e. The van der Waals surface area contributed by atoms with Gasteiger partial charge in [-0.25, -0.2) is 0 Å². The van der Waals surface area contributed by atoms with E-state index in [2.05, 4.69) is 173 Å². The van der Waals surface area contributed by atoms with Crippen molar-refractivity contribution in [2.45, 2.75) is 6.42 Å². The van der Waals surface area contributed by atoms with E-state index < -0.39 is 0 Å². The third-order valence-electron chi connectivity index (χ3n) is 11.5. The minimum Gasteiger partial charge on any atom is -0.309 e. The number of rotatable bonds is 2. The van der Waals surface area contributed by atoms with Gasteiger partial charge < -0.3 is 9.13 Å². The molecule has 0 aliphatic heterocycles. The standard InChI is InChI=1S/C48H30N2/c1-2-16-32-29(13-1)14-12-26-41(32)50-43-25-10-8-22-39(43)46-47(50)37-20-6-5-19-36(37)45-38-21-7-9-24-42(38)49(48(45)46)31-27-30-15-11-23-35-33-17-3-4-18-34(33)40(28-31)44(30)35/h1-14,16-28,30H,15H2. The monoisotopic (exact) mass is 634 g/mol. The molecule has 9 aromatic rings. The van der Waals surface area contributed by atoms with Gasteiger partial charge in [0.1, 0.15) is 0 Å². The lowest BCUT2D eigenvalue weighted by Gasteiger charge is -2.26. The Morgan fingerprint density at radius 1 is 0.500 bits per heavy atom. The number of allylic oxidation sites excluding steroid dienone is 8. The van der Waals surface area contributed by atoms with E-state index in [0.717, 1.165) is 6.42 Å². The van der Waals surface area contributed by atoms with Crippen molar-refractivity contribution >= 4 is 82.0 Å². The summed E-state index contributed by atoms with van der Waals surface area (Å²) in [5.74, 6) is 0.335. The summed E-state index contributed by atoms with van der Waals surface area (Å²) in [5, 5.41) is 10.2. The normalized spacial score (nSPS) is 16.6. The molecule has 0 bridgehead atoms. The van der Waals surface area contributed by atoms with Crippen molar-refractivity contribution in [1.82, 2.24) is 9.13 Å². The molecule has 12 rings (SSSR count). The smallest absolute Gasteiger partial charge is 0.0647 e. The van der Waals surface area contributed by atoms with Crippen molar-refractivity contribution in [2.24, 2.45) is 5.92 Å². The minimum atomic E-state index is 0.335. The van der Waals surface area contributed by atoms with Crippen molar-refractivity contribution < 1.29 is 0 Å². The van der Waals surface area contributed by atoms with Gasteiger partial charge in [-0.05, 0) is 69.3 Å². The third-order valence-corrected chi connectivity index (χ3v) is 11.5. The average Bonchev–Trinajstić information content (AvgIpc) is 3.82. The van der Waals surface area contributed by atoms with Crippen LogP contribution in [0.1, 0.15) is 17.5 Å². The molecule has 2 heterocycles.